The maximum atomic E-state index is 12.8. The van der Waals surface area contributed by atoms with Crippen LogP contribution >= 0.6 is 7.82 Å². The van der Waals surface area contributed by atoms with E-state index in [2.05, 4.69) is 31.3 Å². The molecule has 0 spiro atoms. The molecular weight excluding hydrogens is 623 g/mol. The van der Waals surface area contributed by atoms with E-state index >= 15 is 0 Å². The van der Waals surface area contributed by atoms with Gasteiger partial charge in [0.25, 0.3) is 7.82 Å². The second-order valence-electron chi connectivity index (χ2n) is 14.6. The number of amides is 1. The van der Waals surface area contributed by atoms with E-state index in [-0.39, 0.29) is 19.1 Å². The van der Waals surface area contributed by atoms with Gasteiger partial charge >= 0.3 is 0 Å². The highest BCUT2D eigenvalue weighted by Crippen LogP contribution is 2.38. The molecule has 0 aromatic heterocycles. The molecule has 0 saturated carbocycles. The van der Waals surface area contributed by atoms with Crippen molar-refractivity contribution in [1.29, 1.82) is 0 Å². The number of carbonyl (C=O) groups is 1. The molecule has 0 radical (unpaired) electrons. The molecule has 0 heterocycles. The van der Waals surface area contributed by atoms with Crippen LogP contribution in [-0.4, -0.2) is 68.5 Å². The fourth-order valence-electron chi connectivity index (χ4n) is 5.46. The number of nitrogens with zero attached hydrogens (tertiary/aromatic N) is 1. The first-order chi connectivity index (χ1) is 23.0. The molecule has 0 aliphatic heterocycles. The number of allylic oxidation sites excluding steroid dienone is 3. The van der Waals surface area contributed by atoms with Crippen LogP contribution in [-0.2, 0) is 18.4 Å². The van der Waals surface area contributed by atoms with E-state index in [1.165, 1.54) is 109 Å². The Bertz CT molecular complexity index is 845. The lowest BCUT2D eigenvalue weighted by atomic mass is 10.0. The van der Waals surface area contributed by atoms with E-state index in [1.807, 2.05) is 27.2 Å². The van der Waals surface area contributed by atoms with E-state index < -0.39 is 20.0 Å². The number of nitrogens with one attached hydrogen (secondary N) is 1. The highest BCUT2D eigenvalue weighted by Gasteiger charge is 2.23. The lowest BCUT2D eigenvalue weighted by Gasteiger charge is -2.29. The second kappa shape index (κ2) is 31.9. The number of phosphoric acid groups is 1. The molecule has 9 heteroatoms. The highest BCUT2D eigenvalue weighted by atomic mass is 31.2. The van der Waals surface area contributed by atoms with E-state index in [0.717, 1.165) is 38.5 Å². The van der Waals surface area contributed by atoms with Crippen LogP contribution in [0, 0.1) is 0 Å². The normalized spacial score (nSPS) is 14.9. The molecule has 0 aromatic carbocycles. The van der Waals surface area contributed by atoms with Gasteiger partial charge in [-0.15, -0.1) is 0 Å². The third-order valence-electron chi connectivity index (χ3n) is 8.66. The predicted molar refractivity (Wildman–Crippen MR) is 201 cm³/mol. The van der Waals surface area contributed by atoms with E-state index in [1.54, 1.807) is 6.08 Å². The second-order valence-corrected chi connectivity index (χ2v) is 16.0. The Hall–Kier alpha value is -1.02. The van der Waals surface area contributed by atoms with Crippen LogP contribution in [0.2, 0.25) is 0 Å². The Kier molecular flexibility index (Phi) is 31.2. The highest BCUT2D eigenvalue weighted by molar-refractivity contribution is 7.45. The van der Waals surface area contributed by atoms with Crippen molar-refractivity contribution < 1.29 is 32.9 Å². The standard InChI is InChI=1S/C39H77N2O6P/c1-6-8-10-12-14-16-18-20-21-22-24-26-28-30-32-38(42)37(36-47-48(44,45)46-35-34-41(3,4)5)40-39(43)33-31-29-27-25-23-19-17-15-13-11-9-7-2/h22,24,30,32,37-38,42H,6-21,23,25-29,31,33-36H2,1-5H3,(H-,40,43,44,45)/b24-22+,32-30+. The third kappa shape index (κ3) is 33.5. The average molecular weight is 701 g/mol. The molecule has 0 saturated heterocycles. The van der Waals surface area contributed by atoms with E-state index in [4.69, 9.17) is 9.05 Å². The summed E-state index contributed by atoms with van der Waals surface area (Å²) in [4.78, 5) is 25.1. The van der Waals surface area contributed by atoms with Gasteiger partial charge in [-0.05, 0) is 32.1 Å². The number of hydrogen-bond acceptors (Lipinski definition) is 6. The van der Waals surface area contributed by atoms with Crippen molar-refractivity contribution in [3.05, 3.63) is 24.3 Å². The largest absolute Gasteiger partial charge is 0.756 e. The summed E-state index contributed by atoms with van der Waals surface area (Å²) in [5.41, 5.74) is 0. The van der Waals surface area contributed by atoms with Crippen molar-refractivity contribution in [3.8, 4) is 0 Å². The molecule has 0 bridgehead atoms. The number of aliphatic hydroxyl groups excluding tert-OH is 1. The van der Waals surface area contributed by atoms with Crippen molar-refractivity contribution >= 4 is 13.7 Å². The van der Waals surface area contributed by atoms with Crippen LogP contribution in [0.15, 0.2) is 24.3 Å². The Morgan fingerprint density at radius 1 is 0.708 bits per heavy atom. The average Bonchev–Trinajstić information content (AvgIpc) is 3.02. The lowest BCUT2D eigenvalue weighted by molar-refractivity contribution is -0.870. The smallest absolute Gasteiger partial charge is 0.268 e. The van der Waals surface area contributed by atoms with Crippen LogP contribution in [0.5, 0.6) is 0 Å². The molecule has 0 aliphatic carbocycles. The Morgan fingerprint density at radius 3 is 1.69 bits per heavy atom. The summed E-state index contributed by atoms with van der Waals surface area (Å²) in [6, 6.07) is -0.895. The fraction of sp³-hybridized carbons (Fsp3) is 0.872. The zero-order valence-electron chi connectivity index (χ0n) is 31.9. The van der Waals surface area contributed by atoms with Gasteiger partial charge in [-0.1, -0.05) is 154 Å². The monoisotopic (exact) mass is 701 g/mol. The van der Waals surface area contributed by atoms with Gasteiger partial charge in [0, 0.05) is 6.42 Å². The summed E-state index contributed by atoms with van der Waals surface area (Å²) in [5, 5.41) is 13.7. The summed E-state index contributed by atoms with van der Waals surface area (Å²) >= 11 is 0. The van der Waals surface area contributed by atoms with Crippen molar-refractivity contribution in [2.75, 3.05) is 40.9 Å². The zero-order valence-corrected chi connectivity index (χ0v) is 32.8. The molecule has 3 atom stereocenters. The molecule has 0 aliphatic rings. The molecule has 8 nitrogen and oxygen atoms in total. The number of carbonyl (C=O) groups excluding carboxylic acids is 1. The number of hydrogen-bond donors (Lipinski definition) is 2. The van der Waals surface area contributed by atoms with Crippen molar-refractivity contribution in [3.63, 3.8) is 0 Å². The quantitative estimate of drug-likeness (QED) is 0.0295. The molecule has 2 N–H and O–H groups in total. The summed E-state index contributed by atoms with van der Waals surface area (Å²) in [5.74, 6) is -0.210. The molecule has 0 fully saturated rings. The minimum absolute atomic E-state index is 0.00468. The van der Waals surface area contributed by atoms with Crippen LogP contribution < -0.4 is 10.2 Å². The van der Waals surface area contributed by atoms with Crippen LogP contribution in [0.4, 0.5) is 0 Å². The summed E-state index contributed by atoms with van der Waals surface area (Å²) < 4.78 is 23.1. The first kappa shape index (κ1) is 47.0. The number of phosphoric ester groups is 1. The van der Waals surface area contributed by atoms with Gasteiger partial charge < -0.3 is 28.8 Å². The third-order valence-corrected chi connectivity index (χ3v) is 9.63. The number of rotatable bonds is 35. The van der Waals surface area contributed by atoms with Gasteiger partial charge in [0.05, 0.1) is 39.9 Å². The van der Waals surface area contributed by atoms with Crippen molar-refractivity contribution in [2.24, 2.45) is 0 Å². The predicted octanol–water partition coefficient (Wildman–Crippen LogP) is 9.55. The summed E-state index contributed by atoms with van der Waals surface area (Å²) in [6.45, 7) is 4.59. The van der Waals surface area contributed by atoms with Gasteiger partial charge in [0.1, 0.15) is 13.2 Å². The first-order valence-electron chi connectivity index (χ1n) is 19.7. The molecule has 48 heavy (non-hydrogen) atoms. The number of unbranched alkanes of at least 4 members (excludes halogenated alkanes) is 20. The SMILES string of the molecule is CCCCCCCCCC/C=C/CC/C=C/C(O)C(COP(=O)([O-])OCC[N+](C)(C)C)NC(=O)CCCCCCCCCCCCCC. The Morgan fingerprint density at radius 2 is 1.17 bits per heavy atom. The maximum Gasteiger partial charge on any atom is 0.268 e. The Balaban J connectivity index is 4.57. The van der Waals surface area contributed by atoms with Gasteiger partial charge in [-0.25, -0.2) is 0 Å². The molecule has 3 unspecified atom stereocenters. The van der Waals surface area contributed by atoms with E-state index in [0.29, 0.717) is 17.4 Å². The lowest BCUT2D eigenvalue weighted by Crippen LogP contribution is -2.45. The first-order valence-corrected chi connectivity index (χ1v) is 21.2. The van der Waals surface area contributed by atoms with Crippen molar-refractivity contribution in [2.45, 2.75) is 180 Å². The molecule has 0 aromatic rings. The molecule has 284 valence electrons. The molecular formula is C39H77N2O6P. The van der Waals surface area contributed by atoms with Gasteiger partial charge in [-0.3, -0.25) is 9.36 Å². The number of aliphatic hydroxyl groups is 1. The maximum absolute atomic E-state index is 12.8. The van der Waals surface area contributed by atoms with Crippen LogP contribution in [0.25, 0.3) is 0 Å². The minimum Gasteiger partial charge on any atom is -0.756 e. The van der Waals surface area contributed by atoms with Gasteiger partial charge in [-0.2, -0.15) is 0 Å². The van der Waals surface area contributed by atoms with Crippen molar-refractivity contribution in [1.82, 2.24) is 5.32 Å². The molecule has 0 rings (SSSR count). The van der Waals surface area contributed by atoms with Gasteiger partial charge in [0.2, 0.25) is 5.91 Å². The summed E-state index contributed by atoms with van der Waals surface area (Å²) in [7, 11) is 1.24. The Labute approximate surface area is 296 Å². The van der Waals surface area contributed by atoms with Crippen LogP contribution in [0.3, 0.4) is 0 Å². The summed E-state index contributed by atoms with van der Waals surface area (Å²) in [6.07, 6.45) is 35.0. The zero-order chi connectivity index (χ0) is 35.8. The van der Waals surface area contributed by atoms with Crippen LogP contribution in [0.1, 0.15) is 168 Å². The fourth-order valence-corrected chi connectivity index (χ4v) is 6.18. The number of quaternary nitrogens is 1. The minimum atomic E-state index is -4.58. The topological polar surface area (TPSA) is 108 Å². The van der Waals surface area contributed by atoms with Gasteiger partial charge in [0.15, 0.2) is 0 Å². The number of likely N-dealkylation sites (N-methyl/N-ethyl adjacent to an activating group) is 1. The van der Waals surface area contributed by atoms with E-state index in [9.17, 15) is 19.4 Å². The molecule has 1 amide bonds.